The van der Waals surface area contributed by atoms with Crippen LogP contribution in [-0.4, -0.2) is 40.2 Å². The van der Waals surface area contributed by atoms with Crippen molar-refractivity contribution in [1.82, 2.24) is 5.32 Å². The Kier molecular flexibility index (Phi) is 7.07. The fourth-order valence-electron chi connectivity index (χ4n) is 2.92. The van der Waals surface area contributed by atoms with Crippen molar-refractivity contribution < 1.29 is 14.0 Å². The molecule has 0 amide bonds. The first-order valence-corrected chi connectivity index (χ1v) is 11.0. The largest absolute Gasteiger partial charge is 0.493 e. The van der Waals surface area contributed by atoms with E-state index >= 15 is 0 Å². The van der Waals surface area contributed by atoms with Gasteiger partial charge in [-0.15, -0.1) is 0 Å². The van der Waals surface area contributed by atoms with Crippen LogP contribution in [0, 0.1) is 0 Å². The zero-order valence-electron chi connectivity index (χ0n) is 15.1. The molecular weight excluding hydrogens is 459 g/mol. The molecule has 0 radical (unpaired) electrons. The van der Waals surface area contributed by atoms with Crippen molar-refractivity contribution in [3.05, 3.63) is 59.7 Å². The summed E-state index contributed by atoms with van der Waals surface area (Å²) in [6, 6.07) is 16.7. The molecule has 1 N–H and O–H groups in total. The number of hydrogen-bond acceptors (Lipinski definition) is 3. The van der Waals surface area contributed by atoms with Gasteiger partial charge in [-0.05, 0) is 35.0 Å². The Balaban J connectivity index is 1.88. The molecule has 138 valence electrons. The van der Waals surface area contributed by atoms with Crippen LogP contribution in [0.15, 0.2) is 48.5 Å². The molecule has 0 aliphatic carbocycles. The van der Waals surface area contributed by atoms with Crippen molar-refractivity contribution in [3.8, 4) is 11.5 Å². The summed E-state index contributed by atoms with van der Waals surface area (Å²) < 4.78 is 14.4. The van der Waals surface area contributed by atoms with Crippen molar-refractivity contribution in [2.24, 2.45) is 0 Å². The van der Waals surface area contributed by atoms with Gasteiger partial charge in [0.2, 0.25) is 0 Å². The number of ether oxygens (including phenoxy) is 2. The minimum absolute atomic E-state index is 0.634. The number of alkyl halides is 1. The topological polar surface area (TPSA) is 33.5 Å². The maximum absolute atomic E-state index is 5.46. The summed E-state index contributed by atoms with van der Waals surface area (Å²) in [7, 11) is 3.34. The van der Waals surface area contributed by atoms with Gasteiger partial charge in [0.25, 0.3) is 0 Å². The van der Waals surface area contributed by atoms with Gasteiger partial charge in [-0.2, -0.15) is 0 Å². The molecule has 0 spiro atoms. The number of hydrogen-bond donors (Lipinski definition) is 1. The average molecular weight is 483 g/mol. The molecule has 1 aliphatic rings. The lowest BCUT2D eigenvalue weighted by Gasteiger charge is -2.13. The van der Waals surface area contributed by atoms with Crippen LogP contribution < -0.4 is 14.8 Å². The third-order valence-electron chi connectivity index (χ3n) is 4.26. The van der Waals surface area contributed by atoms with Crippen LogP contribution in [0.3, 0.4) is 0 Å². The van der Waals surface area contributed by atoms with Crippen molar-refractivity contribution in [1.29, 1.82) is 0 Å². The Labute approximate surface area is 173 Å². The molecule has 3 rings (SSSR count). The number of nitrogens with zero attached hydrogens (tertiary/aromatic N) is 1. The summed E-state index contributed by atoms with van der Waals surface area (Å²) in [4.78, 5) is 0. The molecule has 1 fully saturated rings. The molecule has 1 aliphatic heterocycles. The fraction of sp³-hybridized carbons (Fsp3) is 0.350. The molecule has 1 atom stereocenters. The summed E-state index contributed by atoms with van der Waals surface area (Å²) in [5.74, 6) is 1.53. The Morgan fingerprint density at radius 2 is 1.77 bits per heavy atom. The molecule has 0 bridgehead atoms. The lowest BCUT2D eigenvalue weighted by atomic mass is 10.1. The van der Waals surface area contributed by atoms with E-state index in [-0.39, 0.29) is 0 Å². The molecule has 4 nitrogen and oxygen atoms in total. The standard InChI is InChI=1S/C20H23IN2O2S/c1-24-18-9-8-16(10-19(18)25-2)14-23(13-15-6-4-3-5-7-15)20-22-12-17(11-21)26-20/h3-10,17H,11-14H2,1-2H3/p+1. The molecule has 1 unspecified atom stereocenters. The Bertz CT molecular complexity index is 768. The van der Waals surface area contributed by atoms with E-state index in [0.717, 1.165) is 35.6 Å². The molecule has 1 saturated heterocycles. The number of nitrogens with one attached hydrogen (secondary N) is 1. The zero-order chi connectivity index (χ0) is 18.4. The quantitative estimate of drug-likeness (QED) is 0.368. The van der Waals surface area contributed by atoms with Crippen LogP contribution in [0.5, 0.6) is 11.5 Å². The first-order chi connectivity index (χ1) is 12.7. The smallest absolute Gasteiger partial charge is 0.307 e. The van der Waals surface area contributed by atoms with E-state index in [2.05, 4.69) is 74.9 Å². The first kappa shape index (κ1) is 19.4. The number of benzene rings is 2. The van der Waals surface area contributed by atoms with Crippen molar-refractivity contribution in [2.45, 2.75) is 18.3 Å². The number of thioether (sulfide) groups is 1. The third kappa shape index (κ3) is 4.85. The Hall–Kier alpha value is -1.41. The second-order valence-corrected chi connectivity index (χ2v) is 8.28. The maximum atomic E-state index is 5.46. The molecule has 6 heteroatoms. The lowest BCUT2D eigenvalue weighted by molar-refractivity contribution is -0.559. The van der Waals surface area contributed by atoms with E-state index in [1.807, 2.05) is 17.8 Å². The van der Waals surface area contributed by atoms with Gasteiger partial charge in [0.1, 0.15) is 13.1 Å². The van der Waals surface area contributed by atoms with Crippen LogP contribution in [-0.2, 0) is 13.1 Å². The summed E-state index contributed by atoms with van der Waals surface area (Å²) in [5, 5.41) is 5.48. The van der Waals surface area contributed by atoms with Crippen molar-refractivity contribution in [3.63, 3.8) is 0 Å². The van der Waals surface area contributed by atoms with Gasteiger partial charge >= 0.3 is 5.17 Å². The predicted molar refractivity (Wildman–Crippen MR) is 117 cm³/mol. The molecule has 2 aromatic rings. The highest BCUT2D eigenvalue weighted by Gasteiger charge is 2.28. The van der Waals surface area contributed by atoms with Crippen molar-refractivity contribution in [2.75, 3.05) is 25.2 Å². The third-order valence-corrected chi connectivity index (χ3v) is 7.21. The van der Waals surface area contributed by atoms with Crippen LogP contribution >= 0.6 is 34.4 Å². The highest BCUT2D eigenvalue weighted by molar-refractivity contribution is 14.1. The van der Waals surface area contributed by atoms with Gasteiger partial charge in [-0.3, -0.25) is 5.32 Å². The molecule has 0 saturated carbocycles. The summed E-state index contributed by atoms with van der Waals surface area (Å²) >= 11 is 4.41. The maximum Gasteiger partial charge on any atom is 0.307 e. The fourth-order valence-corrected chi connectivity index (χ4v) is 4.76. The van der Waals surface area contributed by atoms with Gasteiger partial charge in [0.05, 0.1) is 26.0 Å². The minimum atomic E-state index is 0.634. The number of methoxy groups -OCH3 is 2. The van der Waals surface area contributed by atoms with Crippen LogP contribution in [0.4, 0.5) is 0 Å². The summed E-state index contributed by atoms with van der Waals surface area (Å²) in [6.45, 7) is 2.72. The summed E-state index contributed by atoms with van der Waals surface area (Å²) in [6.07, 6.45) is 0. The molecule has 2 aromatic carbocycles. The highest BCUT2D eigenvalue weighted by atomic mass is 127. The second-order valence-electron chi connectivity index (χ2n) is 6.11. The van der Waals surface area contributed by atoms with E-state index < -0.39 is 0 Å². The van der Waals surface area contributed by atoms with Crippen molar-refractivity contribution >= 4 is 39.5 Å². The van der Waals surface area contributed by atoms with Gasteiger partial charge in [0, 0.05) is 4.43 Å². The molecular formula is C20H24IN2O2S+. The van der Waals surface area contributed by atoms with Gasteiger partial charge in [-0.1, -0.05) is 59.0 Å². The molecule has 26 heavy (non-hydrogen) atoms. The van der Waals surface area contributed by atoms with Gasteiger partial charge < -0.3 is 9.47 Å². The molecule has 1 heterocycles. The minimum Gasteiger partial charge on any atom is -0.493 e. The first-order valence-electron chi connectivity index (χ1n) is 8.56. The van der Waals surface area contributed by atoms with Crippen LogP contribution in [0.25, 0.3) is 0 Å². The molecule has 0 aromatic heterocycles. The SMILES string of the molecule is COc1ccc(C[N+](Cc2ccccc2)=C2NCC(CI)S2)cc1OC. The van der Waals surface area contributed by atoms with Crippen LogP contribution in [0.1, 0.15) is 11.1 Å². The number of amidine groups is 1. The van der Waals surface area contributed by atoms with E-state index in [1.54, 1.807) is 14.2 Å². The van der Waals surface area contributed by atoms with Crippen LogP contribution in [0.2, 0.25) is 0 Å². The van der Waals surface area contributed by atoms with E-state index in [4.69, 9.17) is 9.47 Å². The second kappa shape index (κ2) is 9.50. The summed E-state index contributed by atoms with van der Waals surface area (Å²) in [5.41, 5.74) is 2.51. The van der Waals surface area contributed by atoms with Gasteiger partial charge in [0.15, 0.2) is 11.5 Å². The predicted octanol–water partition coefficient (Wildman–Crippen LogP) is 3.91. The van der Waals surface area contributed by atoms with E-state index in [9.17, 15) is 0 Å². The zero-order valence-corrected chi connectivity index (χ0v) is 18.0. The Morgan fingerprint density at radius 3 is 2.42 bits per heavy atom. The number of halogens is 1. The highest BCUT2D eigenvalue weighted by Crippen LogP contribution is 2.28. The Morgan fingerprint density at radius 1 is 1.04 bits per heavy atom. The lowest BCUT2D eigenvalue weighted by Crippen LogP contribution is -2.27. The van der Waals surface area contributed by atoms with E-state index in [0.29, 0.717) is 5.25 Å². The number of rotatable bonds is 7. The van der Waals surface area contributed by atoms with Gasteiger partial charge in [-0.25, -0.2) is 4.58 Å². The van der Waals surface area contributed by atoms with E-state index in [1.165, 1.54) is 16.3 Å². The normalized spacial score (nSPS) is 18.3. The monoisotopic (exact) mass is 483 g/mol. The average Bonchev–Trinajstić information content (AvgIpc) is 3.17.